The molecule has 0 aliphatic rings. The van der Waals surface area contributed by atoms with Crippen molar-refractivity contribution in [3.8, 4) is 5.75 Å². The van der Waals surface area contributed by atoms with Gasteiger partial charge in [-0.15, -0.1) is 0 Å². The fraction of sp³-hybridized carbons (Fsp3) is 0.227. The van der Waals surface area contributed by atoms with Crippen LogP contribution in [0.3, 0.4) is 0 Å². The minimum absolute atomic E-state index is 0.114. The first-order valence-corrected chi connectivity index (χ1v) is 9.80. The third kappa shape index (κ3) is 5.61. The molecule has 3 aromatic rings. The molecule has 156 valence electrons. The number of benzene rings is 2. The summed E-state index contributed by atoms with van der Waals surface area (Å²) in [6.07, 6.45) is 3.51. The zero-order valence-corrected chi connectivity index (χ0v) is 17.3. The van der Waals surface area contributed by atoms with Gasteiger partial charge in [-0.1, -0.05) is 41.9 Å². The van der Waals surface area contributed by atoms with Crippen LogP contribution < -0.4 is 15.8 Å². The van der Waals surface area contributed by atoms with E-state index >= 15 is 0 Å². The normalized spacial score (nSPS) is 11.7. The summed E-state index contributed by atoms with van der Waals surface area (Å²) in [7, 11) is 1.62. The molecule has 0 aliphatic carbocycles. The Morgan fingerprint density at radius 3 is 2.60 bits per heavy atom. The molecule has 0 aliphatic heterocycles. The lowest BCUT2D eigenvalue weighted by atomic mass is 9.98. The quantitative estimate of drug-likeness (QED) is 0.549. The number of carbonyl (C=O) groups is 2. The highest BCUT2D eigenvalue weighted by Gasteiger charge is 2.19. The van der Waals surface area contributed by atoms with Crippen LogP contribution in [0.15, 0.2) is 60.9 Å². The molecule has 0 bridgehead atoms. The number of carbonyl (C=O) groups excluding carboxylic acids is 2. The summed E-state index contributed by atoms with van der Waals surface area (Å²) in [6.45, 7) is 0.636. The summed E-state index contributed by atoms with van der Waals surface area (Å²) < 4.78 is 6.82. The Hall–Kier alpha value is -3.32. The molecule has 3 N–H and O–H groups in total. The number of rotatable bonds is 9. The second-order valence-electron chi connectivity index (χ2n) is 6.88. The molecule has 0 fully saturated rings. The Bertz CT molecular complexity index is 1020. The van der Waals surface area contributed by atoms with Crippen molar-refractivity contribution >= 4 is 23.4 Å². The Morgan fingerprint density at radius 2 is 1.93 bits per heavy atom. The second kappa shape index (κ2) is 9.93. The van der Waals surface area contributed by atoms with Crippen LogP contribution in [0, 0.1) is 5.92 Å². The van der Waals surface area contributed by atoms with E-state index in [0.717, 1.165) is 16.9 Å². The topological polar surface area (TPSA) is 99.2 Å². The Labute approximate surface area is 179 Å². The molecule has 0 spiro atoms. The van der Waals surface area contributed by atoms with Crippen LogP contribution in [0.5, 0.6) is 5.75 Å². The van der Waals surface area contributed by atoms with E-state index in [2.05, 4.69) is 10.4 Å². The number of ether oxygens (including phenoxy) is 1. The largest absolute Gasteiger partial charge is 0.497 e. The molecule has 2 aromatic carbocycles. The number of methoxy groups -OCH3 is 1. The highest BCUT2D eigenvalue weighted by molar-refractivity contribution is 6.31. The maximum atomic E-state index is 12.5. The smallest absolute Gasteiger partial charge is 0.254 e. The molecule has 1 unspecified atom stereocenters. The number of halogens is 1. The minimum Gasteiger partial charge on any atom is -0.497 e. The lowest BCUT2D eigenvalue weighted by molar-refractivity contribution is -0.121. The monoisotopic (exact) mass is 426 g/mol. The highest BCUT2D eigenvalue weighted by Crippen LogP contribution is 2.19. The lowest BCUT2D eigenvalue weighted by Crippen LogP contribution is -2.37. The first-order chi connectivity index (χ1) is 14.5. The Balaban J connectivity index is 1.58. The SMILES string of the molecule is COc1ccc(Cn2cc(C(=O)NCC(Cc3ccccc3Cl)C(N)=O)cn2)cc1. The van der Waals surface area contributed by atoms with Gasteiger partial charge < -0.3 is 15.8 Å². The minimum atomic E-state index is -0.566. The summed E-state index contributed by atoms with van der Waals surface area (Å²) in [5.74, 6) is -0.602. The van der Waals surface area contributed by atoms with Crippen LogP contribution in [-0.2, 0) is 17.8 Å². The van der Waals surface area contributed by atoms with E-state index in [1.807, 2.05) is 42.5 Å². The predicted molar refractivity (Wildman–Crippen MR) is 114 cm³/mol. The van der Waals surface area contributed by atoms with Crippen LogP contribution >= 0.6 is 11.6 Å². The molecule has 1 aromatic heterocycles. The number of aromatic nitrogens is 2. The standard InChI is InChI=1S/C22H23ClN4O3/c1-30-19-8-6-15(7-9-19)13-27-14-18(12-26-27)22(29)25-11-17(21(24)28)10-16-4-2-3-5-20(16)23/h2-9,12,14,17H,10-11,13H2,1H3,(H2,24,28)(H,25,29). The van der Waals surface area contributed by atoms with E-state index < -0.39 is 11.8 Å². The van der Waals surface area contributed by atoms with Crippen LogP contribution in [0.2, 0.25) is 5.02 Å². The zero-order chi connectivity index (χ0) is 21.5. The number of nitrogens with one attached hydrogen (secondary N) is 1. The van der Waals surface area contributed by atoms with Gasteiger partial charge in [0.05, 0.1) is 31.3 Å². The number of hydrogen-bond acceptors (Lipinski definition) is 4. The zero-order valence-electron chi connectivity index (χ0n) is 16.5. The molecular formula is C22H23ClN4O3. The third-order valence-corrected chi connectivity index (χ3v) is 5.10. The van der Waals surface area contributed by atoms with E-state index in [4.69, 9.17) is 22.1 Å². The molecular weight excluding hydrogens is 404 g/mol. The molecule has 8 heteroatoms. The van der Waals surface area contributed by atoms with Crippen LogP contribution in [0.1, 0.15) is 21.5 Å². The number of amides is 2. The summed E-state index contributed by atoms with van der Waals surface area (Å²) in [4.78, 5) is 24.3. The molecule has 2 amide bonds. The van der Waals surface area contributed by atoms with Gasteiger partial charge in [0.1, 0.15) is 5.75 Å². The van der Waals surface area contributed by atoms with E-state index in [1.165, 1.54) is 6.20 Å². The van der Waals surface area contributed by atoms with E-state index in [1.54, 1.807) is 24.1 Å². The van der Waals surface area contributed by atoms with Crippen molar-refractivity contribution in [2.45, 2.75) is 13.0 Å². The molecule has 0 radical (unpaired) electrons. The second-order valence-corrected chi connectivity index (χ2v) is 7.29. The maximum absolute atomic E-state index is 12.5. The highest BCUT2D eigenvalue weighted by atomic mass is 35.5. The van der Waals surface area contributed by atoms with E-state index in [-0.39, 0.29) is 12.5 Å². The van der Waals surface area contributed by atoms with Gasteiger partial charge in [0, 0.05) is 17.8 Å². The maximum Gasteiger partial charge on any atom is 0.254 e. The number of nitrogens with two attached hydrogens (primary N) is 1. The molecule has 30 heavy (non-hydrogen) atoms. The fourth-order valence-electron chi connectivity index (χ4n) is 3.01. The summed E-state index contributed by atoms with van der Waals surface area (Å²) in [6, 6.07) is 14.9. The van der Waals surface area contributed by atoms with E-state index in [0.29, 0.717) is 23.6 Å². The first kappa shape index (κ1) is 21.4. The molecule has 3 rings (SSSR count). The lowest BCUT2D eigenvalue weighted by Gasteiger charge is -2.15. The average molecular weight is 427 g/mol. The van der Waals surface area contributed by atoms with Crippen molar-refractivity contribution in [2.24, 2.45) is 11.7 Å². The van der Waals surface area contributed by atoms with Gasteiger partial charge in [-0.2, -0.15) is 5.10 Å². The van der Waals surface area contributed by atoms with Crippen LogP contribution in [-0.4, -0.2) is 35.2 Å². The van der Waals surface area contributed by atoms with Gasteiger partial charge in [-0.25, -0.2) is 0 Å². The van der Waals surface area contributed by atoms with Crippen LogP contribution in [0.4, 0.5) is 0 Å². The number of hydrogen-bond donors (Lipinski definition) is 2. The number of primary amides is 1. The summed E-state index contributed by atoms with van der Waals surface area (Å²) in [5.41, 5.74) is 7.76. The van der Waals surface area contributed by atoms with Gasteiger partial charge >= 0.3 is 0 Å². The van der Waals surface area contributed by atoms with Gasteiger partial charge in [-0.3, -0.25) is 14.3 Å². The predicted octanol–water partition coefficient (Wildman–Crippen LogP) is 2.67. The third-order valence-electron chi connectivity index (χ3n) is 4.73. The average Bonchev–Trinajstić information content (AvgIpc) is 3.21. The van der Waals surface area contributed by atoms with Crippen molar-refractivity contribution in [3.05, 3.63) is 82.6 Å². The molecule has 1 heterocycles. The van der Waals surface area contributed by atoms with Crippen molar-refractivity contribution in [1.82, 2.24) is 15.1 Å². The molecule has 0 saturated heterocycles. The van der Waals surface area contributed by atoms with Gasteiger partial charge in [0.15, 0.2) is 0 Å². The van der Waals surface area contributed by atoms with Crippen molar-refractivity contribution in [3.63, 3.8) is 0 Å². The summed E-state index contributed by atoms with van der Waals surface area (Å²) >= 11 is 6.16. The van der Waals surface area contributed by atoms with Crippen molar-refractivity contribution < 1.29 is 14.3 Å². The molecule has 1 atom stereocenters. The summed E-state index contributed by atoms with van der Waals surface area (Å²) in [5, 5.41) is 7.56. The van der Waals surface area contributed by atoms with E-state index in [9.17, 15) is 9.59 Å². The fourth-order valence-corrected chi connectivity index (χ4v) is 3.22. The number of nitrogens with zero attached hydrogens (tertiary/aromatic N) is 2. The van der Waals surface area contributed by atoms with Gasteiger partial charge in [-0.05, 0) is 35.7 Å². The first-order valence-electron chi connectivity index (χ1n) is 9.42. The van der Waals surface area contributed by atoms with Gasteiger partial charge in [0.25, 0.3) is 5.91 Å². The molecule has 7 nitrogen and oxygen atoms in total. The van der Waals surface area contributed by atoms with Crippen molar-refractivity contribution in [2.75, 3.05) is 13.7 Å². The Morgan fingerprint density at radius 1 is 1.20 bits per heavy atom. The Kier molecular flexibility index (Phi) is 7.08. The van der Waals surface area contributed by atoms with Gasteiger partial charge in [0.2, 0.25) is 5.91 Å². The molecule has 0 saturated carbocycles. The van der Waals surface area contributed by atoms with Crippen molar-refractivity contribution in [1.29, 1.82) is 0 Å². The van der Waals surface area contributed by atoms with Crippen LogP contribution in [0.25, 0.3) is 0 Å².